The Morgan fingerprint density at radius 1 is 1.50 bits per heavy atom. The van der Waals surface area contributed by atoms with E-state index in [-0.39, 0.29) is 0 Å². The van der Waals surface area contributed by atoms with E-state index in [4.69, 9.17) is 5.73 Å². The predicted octanol–water partition coefficient (Wildman–Crippen LogP) is 1.27. The van der Waals surface area contributed by atoms with E-state index in [1.165, 1.54) is 18.8 Å². The quantitative estimate of drug-likeness (QED) is 0.655. The van der Waals surface area contributed by atoms with Gasteiger partial charge in [-0.05, 0) is 32.2 Å². The van der Waals surface area contributed by atoms with E-state index in [1.807, 2.05) is 11.8 Å². The molecule has 0 aromatic carbocycles. The molecule has 0 rings (SSSR count). The van der Waals surface area contributed by atoms with Crippen molar-refractivity contribution >= 4 is 11.8 Å². The highest BCUT2D eigenvalue weighted by molar-refractivity contribution is 7.98. The van der Waals surface area contributed by atoms with Gasteiger partial charge in [0.05, 0.1) is 0 Å². The van der Waals surface area contributed by atoms with Crippen LogP contribution in [0.2, 0.25) is 0 Å². The molecule has 0 aromatic rings. The normalized spacial score (nSPS) is 13.8. The number of thioether (sulfide) groups is 1. The van der Waals surface area contributed by atoms with E-state index in [0.29, 0.717) is 0 Å². The molecule has 3 heteroatoms. The van der Waals surface area contributed by atoms with Crippen LogP contribution in [0.15, 0.2) is 0 Å². The highest BCUT2D eigenvalue weighted by atomic mass is 32.2. The van der Waals surface area contributed by atoms with Crippen LogP contribution in [-0.4, -0.2) is 43.6 Å². The van der Waals surface area contributed by atoms with Gasteiger partial charge in [-0.1, -0.05) is 6.92 Å². The highest BCUT2D eigenvalue weighted by Crippen LogP contribution is 2.03. The van der Waals surface area contributed by atoms with Crippen LogP contribution >= 0.6 is 11.8 Å². The molecule has 0 aliphatic heterocycles. The van der Waals surface area contributed by atoms with Crippen LogP contribution in [0.25, 0.3) is 0 Å². The molecule has 0 bridgehead atoms. The van der Waals surface area contributed by atoms with Crippen molar-refractivity contribution in [1.29, 1.82) is 0 Å². The molecule has 1 unspecified atom stereocenters. The fourth-order valence-electron chi connectivity index (χ4n) is 1.25. The Morgan fingerprint density at radius 3 is 2.67 bits per heavy atom. The molecule has 1 atom stereocenters. The summed E-state index contributed by atoms with van der Waals surface area (Å²) in [5, 5.41) is 0. The van der Waals surface area contributed by atoms with E-state index in [0.717, 1.165) is 18.9 Å². The lowest BCUT2D eigenvalue weighted by Crippen LogP contribution is -2.27. The molecular formula is C9H22N2S. The molecule has 0 radical (unpaired) electrons. The van der Waals surface area contributed by atoms with Crippen LogP contribution in [0.3, 0.4) is 0 Å². The number of rotatable bonds is 7. The maximum absolute atomic E-state index is 5.48. The van der Waals surface area contributed by atoms with Gasteiger partial charge < -0.3 is 10.6 Å². The first-order valence-electron chi connectivity index (χ1n) is 4.58. The largest absolute Gasteiger partial charge is 0.330 e. The zero-order valence-electron chi connectivity index (χ0n) is 8.55. The van der Waals surface area contributed by atoms with Gasteiger partial charge in [0.1, 0.15) is 0 Å². The summed E-state index contributed by atoms with van der Waals surface area (Å²) in [5.41, 5.74) is 5.48. The van der Waals surface area contributed by atoms with Crippen molar-refractivity contribution in [3.8, 4) is 0 Å². The van der Waals surface area contributed by atoms with Gasteiger partial charge >= 0.3 is 0 Å². The Kier molecular flexibility index (Phi) is 8.07. The molecule has 0 saturated heterocycles. The third-order valence-electron chi connectivity index (χ3n) is 1.96. The first-order valence-corrected chi connectivity index (χ1v) is 5.97. The third kappa shape index (κ3) is 6.95. The minimum Gasteiger partial charge on any atom is -0.330 e. The second-order valence-electron chi connectivity index (χ2n) is 3.44. The van der Waals surface area contributed by atoms with Crippen molar-refractivity contribution in [2.75, 3.05) is 38.7 Å². The molecule has 0 heterocycles. The van der Waals surface area contributed by atoms with Gasteiger partial charge in [0.2, 0.25) is 0 Å². The van der Waals surface area contributed by atoms with E-state index in [9.17, 15) is 0 Å². The van der Waals surface area contributed by atoms with Gasteiger partial charge in [-0.2, -0.15) is 11.8 Å². The Balaban J connectivity index is 3.33. The molecule has 2 N–H and O–H groups in total. The fraction of sp³-hybridized carbons (Fsp3) is 1.00. The first-order chi connectivity index (χ1) is 5.70. The number of nitrogens with two attached hydrogens (primary N) is 1. The molecule has 2 nitrogen and oxygen atoms in total. The minimum atomic E-state index is 0.738. The molecule has 0 fully saturated rings. The van der Waals surface area contributed by atoms with Gasteiger partial charge in [-0.3, -0.25) is 0 Å². The SMILES string of the molecule is CSCCN(C)CC(C)CCN. The second-order valence-corrected chi connectivity index (χ2v) is 4.42. The van der Waals surface area contributed by atoms with Crippen molar-refractivity contribution < 1.29 is 0 Å². The van der Waals surface area contributed by atoms with Gasteiger partial charge in [0.25, 0.3) is 0 Å². The van der Waals surface area contributed by atoms with Crippen LogP contribution in [0.5, 0.6) is 0 Å². The number of hydrogen-bond donors (Lipinski definition) is 1. The predicted molar refractivity (Wildman–Crippen MR) is 58.7 cm³/mol. The lowest BCUT2D eigenvalue weighted by Gasteiger charge is -2.20. The average Bonchev–Trinajstić information content (AvgIpc) is 2.01. The van der Waals surface area contributed by atoms with Crippen molar-refractivity contribution in [3.05, 3.63) is 0 Å². The monoisotopic (exact) mass is 190 g/mol. The minimum absolute atomic E-state index is 0.738. The lowest BCUT2D eigenvalue weighted by atomic mass is 10.1. The van der Waals surface area contributed by atoms with Crippen LogP contribution in [0.4, 0.5) is 0 Å². The van der Waals surface area contributed by atoms with Gasteiger partial charge in [0.15, 0.2) is 0 Å². The molecular weight excluding hydrogens is 168 g/mol. The second kappa shape index (κ2) is 7.90. The zero-order valence-corrected chi connectivity index (χ0v) is 9.36. The molecule has 0 saturated carbocycles. The van der Waals surface area contributed by atoms with Crippen LogP contribution in [-0.2, 0) is 0 Å². The summed E-state index contributed by atoms with van der Waals surface area (Å²) in [5.74, 6) is 1.97. The van der Waals surface area contributed by atoms with Crippen LogP contribution in [0, 0.1) is 5.92 Å². The molecule has 0 aliphatic carbocycles. The maximum Gasteiger partial charge on any atom is 0.00693 e. The smallest absolute Gasteiger partial charge is 0.00693 e. The van der Waals surface area contributed by atoms with E-state index in [1.54, 1.807) is 0 Å². The summed E-state index contributed by atoms with van der Waals surface area (Å²) in [6, 6.07) is 0. The Hall–Kier alpha value is 0.270. The summed E-state index contributed by atoms with van der Waals surface area (Å²) in [4.78, 5) is 2.39. The average molecular weight is 190 g/mol. The van der Waals surface area contributed by atoms with E-state index < -0.39 is 0 Å². The molecule has 0 amide bonds. The number of hydrogen-bond acceptors (Lipinski definition) is 3. The third-order valence-corrected chi connectivity index (χ3v) is 2.55. The summed E-state index contributed by atoms with van der Waals surface area (Å²) in [7, 11) is 2.18. The zero-order chi connectivity index (χ0) is 9.40. The topological polar surface area (TPSA) is 29.3 Å². The van der Waals surface area contributed by atoms with E-state index in [2.05, 4.69) is 25.1 Å². The molecule has 0 aromatic heterocycles. The Bertz CT molecular complexity index is 98.5. The van der Waals surface area contributed by atoms with Gasteiger partial charge in [-0.25, -0.2) is 0 Å². The Morgan fingerprint density at radius 2 is 2.17 bits per heavy atom. The summed E-state index contributed by atoms with van der Waals surface area (Å²) in [6.45, 7) is 5.45. The molecule has 12 heavy (non-hydrogen) atoms. The maximum atomic E-state index is 5.48. The van der Waals surface area contributed by atoms with Crippen LogP contribution in [0.1, 0.15) is 13.3 Å². The summed E-state index contributed by atoms with van der Waals surface area (Å²) in [6.07, 6.45) is 3.29. The summed E-state index contributed by atoms with van der Waals surface area (Å²) >= 11 is 1.90. The van der Waals surface area contributed by atoms with Gasteiger partial charge in [-0.15, -0.1) is 0 Å². The highest BCUT2D eigenvalue weighted by Gasteiger charge is 2.04. The van der Waals surface area contributed by atoms with Crippen molar-refractivity contribution in [1.82, 2.24) is 4.90 Å². The molecule has 74 valence electrons. The lowest BCUT2D eigenvalue weighted by molar-refractivity contribution is 0.295. The number of nitrogens with zero attached hydrogens (tertiary/aromatic N) is 1. The Labute approximate surface area is 80.9 Å². The first kappa shape index (κ1) is 12.3. The van der Waals surface area contributed by atoms with Crippen molar-refractivity contribution in [2.24, 2.45) is 11.7 Å². The van der Waals surface area contributed by atoms with Crippen molar-refractivity contribution in [3.63, 3.8) is 0 Å². The fourth-order valence-corrected chi connectivity index (χ4v) is 1.74. The van der Waals surface area contributed by atoms with Crippen LogP contribution < -0.4 is 5.73 Å². The molecule has 0 spiro atoms. The molecule has 0 aliphatic rings. The standard InChI is InChI=1S/C9H22N2S/c1-9(4-5-10)8-11(2)6-7-12-3/h9H,4-8,10H2,1-3H3. The summed E-state index contributed by atoms with van der Waals surface area (Å²) < 4.78 is 0. The van der Waals surface area contributed by atoms with Crippen molar-refractivity contribution in [2.45, 2.75) is 13.3 Å². The van der Waals surface area contributed by atoms with Gasteiger partial charge in [0, 0.05) is 18.8 Å². The van der Waals surface area contributed by atoms with E-state index >= 15 is 0 Å².